The Balaban J connectivity index is 2.26. The van der Waals surface area contributed by atoms with Gasteiger partial charge in [-0.25, -0.2) is 0 Å². The Labute approximate surface area is 406 Å². The molecule has 0 spiro atoms. The van der Waals surface area contributed by atoms with Gasteiger partial charge in [-0.1, -0.05) is 249 Å². The molecule has 1 fully saturated rings. The minimum Gasteiger partial charge on any atom is -0.394 e. The fourth-order valence-electron chi connectivity index (χ4n) is 8.96. The molecule has 0 bridgehead atoms. The topological polar surface area (TPSA) is 149 Å². The van der Waals surface area contributed by atoms with Crippen molar-refractivity contribution in [3.63, 3.8) is 0 Å². The number of nitrogens with one attached hydrogen (secondary N) is 1. The van der Waals surface area contributed by atoms with Gasteiger partial charge in [0.05, 0.1) is 25.4 Å². The molecule has 7 atom stereocenters. The second-order valence-electron chi connectivity index (χ2n) is 19.7. The van der Waals surface area contributed by atoms with Crippen LogP contribution in [0.1, 0.15) is 264 Å². The normalized spacial score (nSPS) is 20.0. The summed E-state index contributed by atoms with van der Waals surface area (Å²) in [7, 11) is 0. The van der Waals surface area contributed by atoms with Gasteiger partial charge in [0.2, 0.25) is 5.91 Å². The summed E-state index contributed by atoms with van der Waals surface area (Å²) in [5, 5.41) is 54.4. The first kappa shape index (κ1) is 62.4. The molecule has 6 N–H and O–H groups in total. The lowest BCUT2D eigenvalue weighted by molar-refractivity contribution is -0.302. The fraction of sp³-hybridized carbons (Fsp3) is 0.877. The number of carbonyl (C=O) groups is 1. The van der Waals surface area contributed by atoms with E-state index in [0.29, 0.717) is 6.42 Å². The number of hydrogen-bond donors (Lipinski definition) is 6. The maximum Gasteiger partial charge on any atom is 0.220 e. The van der Waals surface area contributed by atoms with Gasteiger partial charge in [0.25, 0.3) is 0 Å². The van der Waals surface area contributed by atoms with Crippen molar-refractivity contribution in [2.45, 2.75) is 307 Å². The van der Waals surface area contributed by atoms with Crippen molar-refractivity contribution in [2.24, 2.45) is 0 Å². The maximum atomic E-state index is 13.0. The molecule has 0 aromatic carbocycles. The summed E-state index contributed by atoms with van der Waals surface area (Å²) in [6.45, 7) is 3.78. The minimum absolute atomic E-state index is 0.188. The average molecular weight is 934 g/mol. The van der Waals surface area contributed by atoms with Crippen molar-refractivity contribution in [3.8, 4) is 0 Å². The number of ether oxygens (including phenoxy) is 2. The Kier molecular flexibility index (Phi) is 44.6. The summed E-state index contributed by atoms with van der Waals surface area (Å²) in [4.78, 5) is 13.0. The van der Waals surface area contributed by atoms with Gasteiger partial charge >= 0.3 is 0 Å². The number of carbonyl (C=O) groups excluding carboxylic acids is 1. The summed E-state index contributed by atoms with van der Waals surface area (Å²) in [5.74, 6) is -0.188. The molecule has 0 aromatic rings. The standard InChI is InChI=1S/C57H107NO8/c1-3-5-7-9-11-13-15-17-19-21-22-23-24-25-26-27-28-29-30-31-32-34-36-38-40-42-44-46-51(60)50(49-65-57-56(64)55(63)54(62)52(48-59)66-57)58-53(61)47-45-43-41-39-37-35-33-20-18-16-14-12-10-8-6-4-2/h30-31,36,38,44,46,50-52,54-57,59-60,62-64H,3-29,32-35,37,39-43,45,47-49H2,1-2H3,(H,58,61)/b31-30+,38-36+,46-44+. The zero-order valence-corrected chi connectivity index (χ0v) is 43.0. The van der Waals surface area contributed by atoms with E-state index in [1.807, 2.05) is 6.08 Å². The van der Waals surface area contributed by atoms with E-state index in [9.17, 15) is 30.3 Å². The highest BCUT2D eigenvalue weighted by molar-refractivity contribution is 5.76. The van der Waals surface area contributed by atoms with E-state index in [4.69, 9.17) is 9.47 Å². The first-order valence-corrected chi connectivity index (χ1v) is 28.2. The summed E-state index contributed by atoms with van der Waals surface area (Å²) >= 11 is 0. The van der Waals surface area contributed by atoms with E-state index in [1.54, 1.807) is 6.08 Å². The molecule has 7 unspecified atom stereocenters. The van der Waals surface area contributed by atoms with Crippen LogP contribution in [0.2, 0.25) is 0 Å². The number of rotatable bonds is 48. The van der Waals surface area contributed by atoms with Crippen molar-refractivity contribution in [3.05, 3.63) is 36.5 Å². The molecule has 1 rings (SSSR count). The predicted octanol–water partition coefficient (Wildman–Crippen LogP) is 13.6. The Morgan fingerprint density at radius 2 is 0.864 bits per heavy atom. The lowest BCUT2D eigenvalue weighted by atomic mass is 9.99. The number of allylic oxidation sites excluding steroid dienone is 5. The maximum absolute atomic E-state index is 13.0. The molecule has 0 aromatic heterocycles. The highest BCUT2D eigenvalue weighted by Gasteiger charge is 2.44. The molecule has 9 nitrogen and oxygen atoms in total. The van der Waals surface area contributed by atoms with Crippen molar-refractivity contribution >= 4 is 5.91 Å². The molecule has 388 valence electrons. The Bertz CT molecular complexity index is 1130. The number of aliphatic hydroxyl groups is 5. The fourth-order valence-corrected chi connectivity index (χ4v) is 8.96. The van der Waals surface area contributed by atoms with Crippen LogP contribution >= 0.6 is 0 Å². The van der Waals surface area contributed by atoms with Crippen LogP contribution < -0.4 is 5.32 Å². The molecular weight excluding hydrogens is 827 g/mol. The highest BCUT2D eigenvalue weighted by atomic mass is 16.7. The van der Waals surface area contributed by atoms with Crippen molar-refractivity contribution < 1.29 is 39.8 Å². The van der Waals surface area contributed by atoms with Crippen LogP contribution in [0.4, 0.5) is 0 Å². The van der Waals surface area contributed by atoms with E-state index in [2.05, 4.69) is 43.5 Å². The molecule has 0 aliphatic carbocycles. The molecule has 0 radical (unpaired) electrons. The molecule has 0 saturated carbocycles. The van der Waals surface area contributed by atoms with E-state index in [0.717, 1.165) is 44.9 Å². The van der Waals surface area contributed by atoms with Gasteiger partial charge in [0.15, 0.2) is 6.29 Å². The van der Waals surface area contributed by atoms with Crippen LogP contribution in [-0.2, 0) is 14.3 Å². The predicted molar refractivity (Wildman–Crippen MR) is 276 cm³/mol. The number of amides is 1. The van der Waals surface area contributed by atoms with Gasteiger partial charge < -0.3 is 40.3 Å². The molecule has 1 saturated heterocycles. The Morgan fingerprint density at radius 1 is 0.500 bits per heavy atom. The van der Waals surface area contributed by atoms with Gasteiger partial charge in [0.1, 0.15) is 24.4 Å². The Morgan fingerprint density at radius 3 is 1.27 bits per heavy atom. The summed E-state index contributed by atoms with van der Waals surface area (Å²) in [5.41, 5.74) is 0. The van der Waals surface area contributed by atoms with Gasteiger partial charge in [0, 0.05) is 6.42 Å². The number of hydrogen-bond acceptors (Lipinski definition) is 8. The van der Waals surface area contributed by atoms with E-state index in [1.165, 1.54) is 199 Å². The SMILES string of the molecule is CCCCCCCCCCCCCCCCCCC/C=C/CC/C=C/CC/C=C/C(O)C(COC1OC(CO)C(O)C(O)C1O)NC(=O)CCCCCCCCCCCCCCCCCC. The van der Waals surface area contributed by atoms with Gasteiger partial charge in [-0.3, -0.25) is 4.79 Å². The zero-order valence-electron chi connectivity index (χ0n) is 43.0. The third-order valence-corrected chi connectivity index (χ3v) is 13.4. The molecule has 1 aliphatic heterocycles. The molecule has 9 heteroatoms. The first-order chi connectivity index (χ1) is 32.3. The highest BCUT2D eigenvalue weighted by Crippen LogP contribution is 2.23. The lowest BCUT2D eigenvalue weighted by Crippen LogP contribution is -2.60. The van der Waals surface area contributed by atoms with Crippen molar-refractivity contribution in [2.75, 3.05) is 13.2 Å². The van der Waals surface area contributed by atoms with Crippen LogP contribution in [0.25, 0.3) is 0 Å². The van der Waals surface area contributed by atoms with E-state index < -0.39 is 49.5 Å². The third kappa shape index (κ3) is 36.4. The largest absolute Gasteiger partial charge is 0.394 e. The average Bonchev–Trinajstić information content (AvgIpc) is 3.32. The van der Waals surface area contributed by atoms with Crippen molar-refractivity contribution in [1.82, 2.24) is 5.32 Å². The lowest BCUT2D eigenvalue weighted by Gasteiger charge is -2.40. The first-order valence-electron chi connectivity index (χ1n) is 28.2. The van der Waals surface area contributed by atoms with E-state index in [-0.39, 0.29) is 12.5 Å². The molecule has 66 heavy (non-hydrogen) atoms. The Hall–Kier alpha value is -1.59. The van der Waals surface area contributed by atoms with Crippen LogP contribution in [0.3, 0.4) is 0 Å². The summed E-state index contributed by atoms with van der Waals surface area (Å²) in [6, 6.07) is -0.825. The van der Waals surface area contributed by atoms with Gasteiger partial charge in [-0.05, 0) is 44.9 Å². The summed E-state index contributed by atoms with van der Waals surface area (Å²) in [6.07, 6.45) is 53.6. The van der Waals surface area contributed by atoms with Crippen LogP contribution in [0.5, 0.6) is 0 Å². The number of aliphatic hydroxyl groups excluding tert-OH is 5. The quantitative estimate of drug-likeness (QED) is 0.0261. The van der Waals surface area contributed by atoms with Crippen LogP contribution in [0, 0.1) is 0 Å². The van der Waals surface area contributed by atoms with Gasteiger partial charge in [-0.2, -0.15) is 0 Å². The molecule has 1 amide bonds. The molecular formula is C57H107NO8. The molecule has 1 heterocycles. The smallest absolute Gasteiger partial charge is 0.220 e. The van der Waals surface area contributed by atoms with E-state index >= 15 is 0 Å². The zero-order chi connectivity index (χ0) is 48.0. The van der Waals surface area contributed by atoms with Crippen LogP contribution in [-0.4, -0.2) is 87.5 Å². The monoisotopic (exact) mass is 934 g/mol. The number of unbranched alkanes of at least 4 members (excludes halogenated alkanes) is 34. The van der Waals surface area contributed by atoms with Crippen molar-refractivity contribution in [1.29, 1.82) is 0 Å². The third-order valence-electron chi connectivity index (χ3n) is 13.4. The second kappa shape index (κ2) is 47.1. The molecule has 1 aliphatic rings. The van der Waals surface area contributed by atoms with Crippen LogP contribution in [0.15, 0.2) is 36.5 Å². The minimum atomic E-state index is -1.57. The second-order valence-corrected chi connectivity index (χ2v) is 19.7. The summed E-state index contributed by atoms with van der Waals surface area (Å²) < 4.78 is 11.2. The van der Waals surface area contributed by atoms with Gasteiger partial charge in [-0.15, -0.1) is 0 Å².